The first kappa shape index (κ1) is 19.1. The highest BCUT2D eigenvalue weighted by Gasteiger charge is 2.18. The molecule has 1 rings (SSSR count). The Hall–Kier alpha value is -1.96. The molecule has 0 aliphatic heterocycles. The van der Waals surface area contributed by atoms with Gasteiger partial charge in [0.1, 0.15) is 6.04 Å². The van der Waals surface area contributed by atoms with Gasteiger partial charge in [-0.3, -0.25) is 4.79 Å². The fourth-order valence-electron chi connectivity index (χ4n) is 2.24. The Morgan fingerprint density at radius 3 is 2.48 bits per heavy atom. The van der Waals surface area contributed by atoms with Crippen LogP contribution in [-0.4, -0.2) is 49.4 Å². The van der Waals surface area contributed by atoms with Crippen LogP contribution in [0.5, 0.6) is 0 Å². The normalized spacial score (nSPS) is 12.0. The van der Waals surface area contributed by atoms with Gasteiger partial charge in [-0.1, -0.05) is 6.07 Å². The maximum atomic E-state index is 12.0. The summed E-state index contributed by atoms with van der Waals surface area (Å²) in [4.78, 5) is 23.1. The third-order valence-electron chi connectivity index (χ3n) is 3.16. The number of rotatable bonds is 10. The number of hydrogen-bond acceptors (Lipinski definition) is 5. The summed E-state index contributed by atoms with van der Waals surface area (Å²) in [6, 6.07) is 4.66. The number of carboxylic acids is 1. The molecule has 0 spiro atoms. The number of nitrogens with one attached hydrogen (secondary N) is 1. The van der Waals surface area contributed by atoms with Crippen LogP contribution < -0.4 is 15.7 Å². The van der Waals surface area contributed by atoms with Crippen LogP contribution in [0.1, 0.15) is 17.5 Å². The maximum absolute atomic E-state index is 12.0. The van der Waals surface area contributed by atoms with Gasteiger partial charge in [-0.2, -0.15) is 0 Å². The predicted molar refractivity (Wildman–Crippen MR) is 82.7 cm³/mol. The summed E-state index contributed by atoms with van der Waals surface area (Å²) in [5, 5.41) is 23.9. The van der Waals surface area contributed by atoms with Gasteiger partial charge >= 0.3 is 0 Å². The van der Waals surface area contributed by atoms with Crippen LogP contribution >= 0.6 is 0 Å². The monoisotopic (exact) mass is 324 g/mol. The highest BCUT2D eigenvalue weighted by atomic mass is 16.5. The number of aliphatic hydroxyl groups is 1. The molecule has 0 aliphatic carbocycles. The van der Waals surface area contributed by atoms with Gasteiger partial charge in [0.15, 0.2) is 0 Å². The van der Waals surface area contributed by atoms with E-state index >= 15 is 0 Å². The molecule has 23 heavy (non-hydrogen) atoms. The standard InChI is InChI=1S/C16H24N2O5/c1-11-7-12(2)9-13(8-11)18-15(20)10-14(16(21)22)17-3-5-23-6-4-19/h7-9,14,17,19H,3-6,10H2,1-2H3,(H,18,20)(H,21,22)/t14-/m1/s1. The number of carbonyl (C=O) groups excluding carboxylic acids is 2. The van der Waals surface area contributed by atoms with Crippen LogP contribution in [0.4, 0.5) is 5.69 Å². The van der Waals surface area contributed by atoms with Gasteiger partial charge in [0.05, 0.1) is 38.8 Å². The van der Waals surface area contributed by atoms with E-state index in [1.165, 1.54) is 5.32 Å². The Kier molecular flexibility index (Phi) is 8.25. The number of benzene rings is 1. The second kappa shape index (κ2) is 9.94. The molecule has 0 aromatic heterocycles. The van der Waals surface area contributed by atoms with Crippen molar-refractivity contribution < 1.29 is 29.9 Å². The van der Waals surface area contributed by atoms with Crippen LogP contribution in [0, 0.1) is 13.8 Å². The molecule has 0 saturated heterocycles. The summed E-state index contributed by atoms with van der Waals surface area (Å²) in [5.74, 6) is -1.67. The molecule has 1 atom stereocenters. The third kappa shape index (κ3) is 7.73. The van der Waals surface area contributed by atoms with Crippen molar-refractivity contribution in [3.8, 4) is 0 Å². The number of anilines is 1. The average Bonchev–Trinajstić information content (AvgIpc) is 2.44. The number of hydrogen-bond donors (Lipinski definition) is 3. The van der Waals surface area contributed by atoms with Gasteiger partial charge in [-0.25, -0.2) is 0 Å². The van der Waals surface area contributed by atoms with Crippen LogP contribution in [0.15, 0.2) is 18.2 Å². The molecular formula is C16H24N2O5. The van der Waals surface area contributed by atoms with Crippen molar-refractivity contribution in [1.82, 2.24) is 0 Å². The summed E-state index contributed by atoms with van der Waals surface area (Å²) in [7, 11) is 0. The first-order chi connectivity index (χ1) is 10.9. The molecular weight excluding hydrogens is 300 g/mol. The van der Waals surface area contributed by atoms with Crippen molar-refractivity contribution in [3.63, 3.8) is 0 Å². The zero-order chi connectivity index (χ0) is 17.2. The zero-order valence-electron chi connectivity index (χ0n) is 13.5. The predicted octanol–water partition coefficient (Wildman–Crippen LogP) is -1.68. The first-order valence-electron chi connectivity index (χ1n) is 7.53. The molecule has 0 heterocycles. The molecule has 0 unspecified atom stereocenters. The summed E-state index contributed by atoms with van der Waals surface area (Å²) in [6.45, 7) is 4.64. The lowest BCUT2D eigenvalue weighted by Gasteiger charge is -2.16. The van der Waals surface area contributed by atoms with E-state index in [1.54, 1.807) is 0 Å². The van der Waals surface area contributed by atoms with Crippen LogP contribution in [-0.2, 0) is 14.3 Å². The summed E-state index contributed by atoms with van der Waals surface area (Å²) >= 11 is 0. The van der Waals surface area contributed by atoms with Crippen molar-refractivity contribution in [2.75, 3.05) is 31.7 Å². The molecule has 0 bridgehead atoms. The molecule has 0 aliphatic rings. The molecule has 0 radical (unpaired) electrons. The van der Waals surface area contributed by atoms with Crippen molar-refractivity contribution in [2.24, 2.45) is 0 Å². The zero-order valence-corrected chi connectivity index (χ0v) is 13.5. The third-order valence-corrected chi connectivity index (χ3v) is 3.16. The van der Waals surface area contributed by atoms with E-state index in [2.05, 4.69) is 5.32 Å². The second-order valence-corrected chi connectivity index (χ2v) is 5.41. The lowest BCUT2D eigenvalue weighted by Crippen LogP contribution is -2.94. The second-order valence-electron chi connectivity index (χ2n) is 5.41. The Bertz CT molecular complexity index is 513. The van der Waals surface area contributed by atoms with E-state index in [0.29, 0.717) is 18.8 Å². The van der Waals surface area contributed by atoms with Crippen molar-refractivity contribution in [1.29, 1.82) is 0 Å². The largest absolute Gasteiger partial charge is 0.544 e. The van der Waals surface area contributed by atoms with E-state index in [9.17, 15) is 14.7 Å². The smallest absolute Gasteiger partial charge is 0.230 e. The fourth-order valence-corrected chi connectivity index (χ4v) is 2.24. The maximum Gasteiger partial charge on any atom is 0.230 e. The molecule has 1 aromatic carbocycles. The lowest BCUT2D eigenvalue weighted by molar-refractivity contribution is -0.683. The van der Waals surface area contributed by atoms with Gasteiger partial charge in [0.25, 0.3) is 0 Å². The van der Waals surface area contributed by atoms with E-state index in [4.69, 9.17) is 9.84 Å². The topological polar surface area (TPSA) is 115 Å². The Labute approximate surface area is 135 Å². The number of aliphatic carboxylic acids is 1. The molecule has 4 N–H and O–H groups in total. The van der Waals surface area contributed by atoms with Gasteiger partial charge in [-0.15, -0.1) is 0 Å². The minimum absolute atomic E-state index is 0.0811. The molecule has 1 aromatic rings. The number of quaternary nitrogens is 1. The summed E-state index contributed by atoms with van der Waals surface area (Å²) in [5.41, 5.74) is 2.68. The minimum Gasteiger partial charge on any atom is -0.544 e. The van der Waals surface area contributed by atoms with E-state index in [1.807, 2.05) is 32.0 Å². The summed E-state index contributed by atoms with van der Waals surface area (Å²) in [6.07, 6.45) is -0.185. The lowest BCUT2D eigenvalue weighted by atomic mass is 10.1. The van der Waals surface area contributed by atoms with Gasteiger partial charge in [0, 0.05) is 5.69 Å². The number of aryl methyl sites for hydroxylation is 2. The highest BCUT2D eigenvalue weighted by molar-refractivity contribution is 5.93. The number of carboxylic acid groups (broad SMARTS) is 1. The molecule has 0 saturated carbocycles. The van der Waals surface area contributed by atoms with Gasteiger partial charge in [0.2, 0.25) is 5.91 Å². The van der Waals surface area contributed by atoms with E-state index in [0.717, 1.165) is 11.1 Å². The van der Waals surface area contributed by atoms with Crippen LogP contribution in [0.25, 0.3) is 0 Å². The van der Waals surface area contributed by atoms with Crippen LogP contribution in [0.3, 0.4) is 0 Å². The van der Waals surface area contributed by atoms with Crippen molar-refractivity contribution in [3.05, 3.63) is 29.3 Å². The molecule has 0 fully saturated rings. The van der Waals surface area contributed by atoms with Crippen molar-refractivity contribution >= 4 is 17.6 Å². The number of ether oxygens (including phenoxy) is 1. The van der Waals surface area contributed by atoms with Gasteiger partial charge < -0.3 is 30.4 Å². The molecule has 7 heteroatoms. The van der Waals surface area contributed by atoms with Crippen LogP contribution in [0.2, 0.25) is 0 Å². The SMILES string of the molecule is Cc1cc(C)cc(NC(=O)C[C@@H]([NH2+]CCOCCO)C(=O)[O-])c1. The quantitative estimate of drug-likeness (QED) is 0.445. The van der Waals surface area contributed by atoms with Crippen molar-refractivity contribution in [2.45, 2.75) is 26.3 Å². The molecule has 1 amide bonds. The number of carbonyl (C=O) groups is 2. The summed E-state index contributed by atoms with van der Waals surface area (Å²) < 4.78 is 5.04. The number of aliphatic hydroxyl groups excluding tert-OH is 1. The number of amides is 1. The fraction of sp³-hybridized carbons (Fsp3) is 0.500. The molecule has 7 nitrogen and oxygen atoms in total. The first-order valence-corrected chi connectivity index (χ1v) is 7.53. The highest BCUT2D eigenvalue weighted by Crippen LogP contribution is 2.13. The Morgan fingerprint density at radius 1 is 1.26 bits per heavy atom. The average molecular weight is 324 g/mol. The van der Waals surface area contributed by atoms with E-state index < -0.39 is 12.0 Å². The Morgan fingerprint density at radius 2 is 1.91 bits per heavy atom. The Balaban J connectivity index is 2.48. The number of nitrogens with two attached hydrogens (primary N) is 1. The molecule has 128 valence electrons. The van der Waals surface area contributed by atoms with E-state index in [-0.39, 0.29) is 25.5 Å². The van der Waals surface area contributed by atoms with Gasteiger partial charge in [-0.05, 0) is 37.1 Å². The minimum atomic E-state index is -1.29.